The first-order chi connectivity index (χ1) is 12.3. The van der Waals surface area contributed by atoms with Crippen LogP contribution in [0.1, 0.15) is 11.1 Å². The van der Waals surface area contributed by atoms with Crippen molar-refractivity contribution in [2.45, 2.75) is 11.8 Å². The van der Waals surface area contributed by atoms with Crippen molar-refractivity contribution in [2.24, 2.45) is 0 Å². The van der Waals surface area contributed by atoms with Crippen molar-refractivity contribution in [1.82, 2.24) is 0 Å². The second-order valence-electron chi connectivity index (χ2n) is 5.60. The molecule has 0 atom stereocenters. The minimum absolute atomic E-state index is 0.237. The SMILES string of the molecule is Fc1ccc(C(F)(F)C(F)(F)c2ccc(Oc3ccccc3)cc2)cc1. The Labute approximate surface area is 146 Å². The molecule has 0 radical (unpaired) electrons. The third-order valence-corrected chi connectivity index (χ3v) is 3.80. The van der Waals surface area contributed by atoms with Crippen molar-refractivity contribution in [3.8, 4) is 11.5 Å². The number of ether oxygens (including phenoxy) is 1. The van der Waals surface area contributed by atoms with E-state index in [1.165, 1.54) is 12.1 Å². The number of halogens is 5. The van der Waals surface area contributed by atoms with E-state index < -0.39 is 28.8 Å². The van der Waals surface area contributed by atoms with E-state index in [0.717, 1.165) is 24.3 Å². The van der Waals surface area contributed by atoms with Gasteiger partial charge in [0.25, 0.3) is 0 Å². The molecular weight excluding hydrogens is 351 g/mol. The topological polar surface area (TPSA) is 9.23 Å². The molecule has 0 N–H and O–H groups in total. The van der Waals surface area contributed by atoms with Crippen molar-refractivity contribution >= 4 is 0 Å². The summed E-state index contributed by atoms with van der Waals surface area (Å²) in [6.07, 6.45) is 0. The van der Waals surface area contributed by atoms with Crippen molar-refractivity contribution in [3.63, 3.8) is 0 Å². The molecule has 0 spiro atoms. The second-order valence-corrected chi connectivity index (χ2v) is 5.60. The highest BCUT2D eigenvalue weighted by atomic mass is 19.3. The molecular formula is C20H13F5O. The summed E-state index contributed by atoms with van der Waals surface area (Å²) in [5, 5.41) is 0. The Hall–Kier alpha value is -2.89. The Morgan fingerprint density at radius 2 is 0.962 bits per heavy atom. The Bertz CT molecular complexity index is 859. The molecule has 6 heteroatoms. The molecule has 0 aromatic heterocycles. The van der Waals surface area contributed by atoms with Gasteiger partial charge in [0.2, 0.25) is 0 Å². The van der Waals surface area contributed by atoms with Crippen molar-refractivity contribution in [3.05, 3.63) is 95.8 Å². The minimum Gasteiger partial charge on any atom is -0.457 e. The molecule has 0 heterocycles. The highest BCUT2D eigenvalue weighted by molar-refractivity contribution is 5.36. The molecule has 3 aromatic rings. The highest BCUT2D eigenvalue weighted by Gasteiger charge is 2.58. The molecule has 0 bridgehead atoms. The maximum atomic E-state index is 14.4. The van der Waals surface area contributed by atoms with E-state index >= 15 is 0 Å². The fraction of sp³-hybridized carbons (Fsp3) is 0.100. The average Bonchev–Trinajstić information content (AvgIpc) is 2.63. The molecule has 26 heavy (non-hydrogen) atoms. The zero-order valence-electron chi connectivity index (χ0n) is 13.3. The van der Waals surface area contributed by atoms with E-state index in [9.17, 15) is 22.0 Å². The van der Waals surface area contributed by atoms with Crippen LogP contribution in [0.4, 0.5) is 22.0 Å². The molecule has 0 saturated carbocycles. The fourth-order valence-corrected chi connectivity index (χ4v) is 2.38. The van der Waals surface area contributed by atoms with Crippen molar-refractivity contribution in [2.75, 3.05) is 0 Å². The lowest BCUT2D eigenvalue weighted by Gasteiger charge is -2.27. The normalized spacial score (nSPS) is 12.0. The first kappa shape index (κ1) is 17.9. The smallest absolute Gasteiger partial charge is 0.339 e. The van der Waals surface area contributed by atoms with Gasteiger partial charge < -0.3 is 4.74 Å². The quantitative estimate of drug-likeness (QED) is 0.470. The third kappa shape index (κ3) is 3.40. The third-order valence-electron chi connectivity index (χ3n) is 3.80. The Morgan fingerprint density at radius 1 is 0.538 bits per heavy atom. The first-order valence-corrected chi connectivity index (χ1v) is 7.66. The summed E-state index contributed by atoms with van der Waals surface area (Å²) in [6.45, 7) is 0. The monoisotopic (exact) mass is 364 g/mol. The van der Waals surface area contributed by atoms with Gasteiger partial charge >= 0.3 is 11.8 Å². The van der Waals surface area contributed by atoms with E-state index in [4.69, 9.17) is 4.74 Å². The van der Waals surface area contributed by atoms with Crippen LogP contribution >= 0.6 is 0 Å². The predicted octanol–water partition coefficient (Wildman–Crippen LogP) is 6.50. The lowest BCUT2D eigenvalue weighted by atomic mass is 9.96. The van der Waals surface area contributed by atoms with Crippen molar-refractivity contribution in [1.29, 1.82) is 0 Å². The molecule has 0 aliphatic carbocycles. The van der Waals surface area contributed by atoms with Crippen LogP contribution in [-0.4, -0.2) is 0 Å². The predicted molar refractivity (Wildman–Crippen MR) is 87.1 cm³/mol. The maximum Gasteiger partial charge on any atom is 0.339 e. The number of hydrogen-bond acceptors (Lipinski definition) is 1. The van der Waals surface area contributed by atoms with Gasteiger partial charge in [0.15, 0.2) is 0 Å². The zero-order valence-corrected chi connectivity index (χ0v) is 13.3. The van der Waals surface area contributed by atoms with Crippen LogP contribution in [0.5, 0.6) is 11.5 Å². The largest absolute Gasteiger partial charge is 0.457 e. The van der Waals surface area contributed by atoms with Crippen LogP contribution in [-0.2, 0) is 11.8 Å². The molecule has 0 unspecified atom stereocenters. The molecule has 3 aromatic carbocycles. The zero-order chi connectivity index (χ0) is 18.8. The Morgan fingerprint density at radius 3 is 1.46 bits per heavy atom. The molecule has 0 aliphatic rings. The number of hydrogen-bond donors (Lipinski definition) is 0. The van der Waals surface area contributed by atoms with E-state index in [0.29, 0.717) is 17.9 Å². The fourth-order valence-electron chi connectivity index (χ4n) is 2.38. The van der Waals surface area contributed by atoms with Gasteiger partial charge in [0.1, 0.15) is 17.3 Å². The molecule has 1 nitrogen and oxygen atoms in total. The molecule has 0 fully saturated rings. The van der Waals surface area contributed by atoms with E-state index in [1.54, 1.807) is 30.3 Å². The van der Waals surface area contributed by atoms with E-state index in [2.05, 4.69) is 0 Å². The summed E-state index contributed by atoms with van der Waals surface area (Å²) in [5.74, 6) is -9.03. The summed E-state index contributed by atoms with van der Waals surface area (Å²) in [5.41, 5.74) is -1.83. The van der Waals surface area contributed by atoms with Gasteiger partial charge in [-0.25, -0.2) is 4.39 Å². The van der Waals surface area contributed by atoms with Gasteiger partial charge in [-0.15, -0.1) is 0 Å². The molecule has 3 rings (SSSR count). The Kier molecular flexibility index (Phi) is 4.68. The molecule has 134 valence electrons. The van der Waals surface area contributed by atoms with Gasteiger partial charge in [0.05, 0.1) is 0 Å². The summed E-state index contributed by atoms with van der Waals surface area (Å²) in [7, 11) is 0. The van der Waals surface area contributed by atoms with E-state index in [-0.39, 0.29) is 5.75 Å². The van der Waals surface area contributed by atoms with Gasteiger partial charge in [0, 0.05) is 11.1 Å². The van der Waals surface area contributed by atoms with Crippen LogP contribution in [0.2, 0.25) is 0 Å². The lowest BCUT2D eigenvalue weighted by Crippen LogP contribution is -2.35. The number of rotatable bonds is 5. The van der Waals surface area contributed by atoms with Crippen molar-refractivity contribution < 1.29 is 26.7 Å². The van der Waals surface area contributed by atoms with Crippen LogP contribution in [0, 0.1) is 5.82 Å². The van der Waals surface area contributed by atoms with Crippen LogP contribution in [0.15, 0.2) is 78.9 Å². The highest BCUT2D eigenvalue weighted by Crippen LogP contribution is 2.49. The summed E-state index contributed by atoms with van der Waals surface area (Å²) < 4.78 is 75.7. The van der Waals surface area contributed by atoms with Crippen LogP contribution in [0.3, 0.4) is 0 Å². The first-order valence-electron chi connectivity index (χ1n) is 7.66. The van der Waals surface area contributed by atoms with Gasteiger partial charge in [-0.1, -0.05) is 18.2 Å². The van der Waals surface area contributed by atoms with Gasteiger partial charge in [-0.2, -0.15) is 17.6 Å². The summed E-state index contributed by atoms with van der Waals surface area (Å²) >= 11 is 0. The van der Waals surface area contributed by atoms with E-state index in [1.807, 2.05) is 0 Å². The lowest BCUT2D eigenvalue weighted by molar-refractivity contribution is -0.223. The molecule has 0 aliphatic heterocycles. The summed E-state index contributed by atoms with van der Waals surface area (Å²) in [6, 6.07) is 15.5. The standard InChI is InChI=1S/C20H13F5O/c21-16-10-6-14(7-11-16)19(22,23)20(24,25)15-8-12-18(13-9-15)26-17-4-2-1-3-5-17/h1-13H. The number of para-hydroxylation sites is 1. The minimum atomic E-state index is -4.50. The number of alkyl halides is 4. The van der Waals surface area contributed by atoms with Gasteiger partial charge in [-0.3, -0.25) is 0 Å². The molecule has 0 saturated heterocycles. The summed E-state index contributed by atoms with van der Waals surface area (Å²) in [4.78, 5) is 0. The van der Waals surface area contributed by atoms with Gasteiger partial charge in [-0.05, 0) is 60.7 Å². The van der Waals surface area contributed by atoms with Crippen LogP contribution in [0.25, 0.3) is 0 Å². The maximum absolute atomic E-state index is 14.4. The Balaban J connectivity index is 1.85. The second kappa shape index (κ2) is 6.78. The molecule has 0 amide bonds. The number of benzene rings is 3. The van der Waals surface area contributed by atoms with Crippen LogP contribution < -0.4 is 4.74 Å². The average molecular weight is 364 g/mol.